The topological polar surface area (TPSA) is 82.8 Å². The SMILES string of the molecule is CC(C)CC(CN(C)C)NC(=O)c1ccc(C(=O)O)o1. The normalized spacial score (nSPS) is 12.7. The number of furan rings is 1. The molecule has 1 aromatic rings. The molecule has 20 heavy (non-hydrogen) atoms. The predicted octanol–water partition coefficient (Wildman–Crippen LogP) is 1.68. The Hall–Kier alpha value is -1.82. The predicted molar refractivity (Wildman–Crippen MR) is 74.9 cm³/mol. The molecule has 0 spiro atoms. The summed E-state index contributed by atoms with van der Waals surface area (Å²) >= 11 is 0. The van der Waals surface area contributed by atoms with Crippen molar-refractivity contribution in [1.29, 1.82) is 0 Å². The Morgan fingerprint density at radius 2 is 1.90 bits per heavy atom. The molecule has 1 rings (SSSR count). The molecule has 0 aliphatic carbocycles. The minimum atomic E-state index is -1.18. The van der Waals surface area contributed by atoms with Gasteiger partial charge in [-0.15, -0.1) is 0 Å². The fourth-order valence-electron chi connectivity index (χ4n) is 2.02. The van der Waals surface area contributed by atoms with Crippen molar-refractivity contribution in [2.75, 3.05) is 20.6 Å². The van der Waals surface area contributed by atoms with Gasteiger partial charge in [0, 0.05) is 12.6 Å². The standard InChI is InChI=1S/C14H22N2O4/c1-9(2)7-10(8-16(3)4)15-13(17)11-5-6-12(20-11)14(18)19/h5-6,9-10H,7-8H2,1-4H3,(H,15,17)(H,18,19). The summed E-state index contributed by atoms with van der Waals surface area (Å²) in [7, 11) is 3.88. The number of carbonyl (C=O) groups is 2. The third-order valence-electron chi connectivity index (χ3n) is 2.72. The van der Waals surface area contributed by atoms with E-state index in [0.717, 1.165) is 13.0 Å². The zero-order valence-electron chi connectivity index (χ0n) is 12.3. The summed E-state index contributed by atoms with van der Waals surface area (Å²) in [5, 5.41) is 11.6. The highest BCUT2D eigenvalue weighted by Crippen LogP contribution is 2.10. The van der Waals surface area contributed by atoms with E-state index in [1.807, 2.05) is 19.0 Å². The van der Waals surface area contributed by atoms with E-state index in [0.29, 0.717) is 5.92 Å². The molecule has 0 fully saturated rings. The largest absolute Gasteiger partial charge is 0.475 e. The van der Waals surface area contributed by atoms with Crippen LogP contribution in [0.4, 0.5) is 0 Å². The summed E-state index contributed by atoms with van der Waals surface area (Å²) in [5.41, 5.74) is 0. The average Bonchev–Trinajstić information content (AvgIpc) is 2.75. The zero-order chi connectivity index (χ0) is 15.3. The molecule has 1 unspecified atom stereocenters. The maximum absolute atomic E-state index is 12.0. The number of nitrogens with one attached hydrogen (secondary N) is 1. The van der Waals surface area contributed by atoms with Gasteiger partial charge in [-0.05, 0) is 38.6 Å². The highest BCUT2D eigenvalue weighted by atomic mass is 16.4. The van der Waals surface area contributed by atoms with Crippen molar-refractivity contribution in [3.8, 4) is 0 Å². The van der Waals surface area contributed by atoms with E-state index in [9.17, 15) is 9.59 Å². The van der Waals surface area contributed by atoms with Crippen LogP contribution >= 0.6 is 0 Å². The van der Waals surface area contributed by atoms with Gasteiger partial charge in [0.2, 0.25) is 5.76 Å². The van der Waals surface area contributed by atoms with Crippen molar-refractivity contribution >= 4 is 11.9 Å². The molecule has 1 atom stereocenters. The van der Waals surface area contributed by atoms with Crippen molar-refractivity contribution in [3.05, 3.63) is 23.7 Å². The van der Waals surface area contributed by atoms with Crippen LogP contribution in [0.1, 0.15) is 41.4 Å². The number of hydrogen-bond donors (Lipinski definition) is 2. The number of hydrogen-bond acceptors (Lipinski definition) is 4. The lowest BCUT2D eigenvalue weighted by molar-refractivity contribution is 0.0659. The number of carbonyl (C=O) groups excluding carboxylic acids is 1. The van der Waals surface area contributed by atoms with Crippen LogP contribution in [0, 0.1) is 5.92 Å². The number of likely N-dealkylation sites (N-methyl/N-ethyl adjacent to an activating group) is 1. The maximum atomic E-state index is 12.0. The summed E-state index contributed by atoms with van der Waals surface area (Å²) in [6.45, 7) is 4.89. The highest BCUT2D eigenvalue weighted by molar-refractivity contribution is 5.93. The molecule has 1 amide bonds. The molecule has 1 aromatic heterocycles. The number of rotatable bonds is 7. The van der Waals surface area contributed by atoms with Gasteiger partial charge >= 0.3 is 5.97 Å². The van der Waals surface area contributed by atoms with Gasteiger partial charge in [-0.2, -0.15) is 0 Å². The number of amides is 1. The Morgan fingerprint density at radius 3 is 2.35 bits per heavy atom. The van der Waals surface area contributed by atoms with Gasteiger partial charge in [-0.1, -0.05) is 13.8 Å². The second-order valence-corrected chi connectivity index (χ2v) is 5.53. The van der Waals surface area contributed by atoms with Crippen molar-refractivity contribution in [1.82, 2.24) is 10.2 Å². The van der Waals surface area contributed by atoms with Gasteiger partial charge < -0.3 is 19.7 Å². The molecule has 2 N–H and O–H groups in total. The van der Waals surface area contributed by atoms with Crippen LogP contribution < -0.4 is 5.32 Å². The first-order valence-electron chi connectivity index (χ1n) is 6.58. The molecular weight excluding hydrogens is 260 g/mol. The smallest absolute Gasteiger partial charge is 0.371 e. The molecule has 0 aromatic carbocycles. The summed E-state index contributed by atoms with van der Waals surface area (Å²) < 4.78 is 4.99. The van der Waals surface area contributed by atoms with Crippen LogP contribution in [-0.4, -0.2) is 48.6 Å². The molecule has 6 heteroatoms. The molecule has 0 radical (unpaired) electrons. The lowest BCUT2D eigenvalue weighted by atomic mass is 10.0. The van der Waals surface area contributed by atoms with E-state index in [-0.39, 0.29) is 23.5 Å². The minimum absolute atomic E-state index is 0.00382. The molecule has 0 saturated carbocycles. The Morgan fingerprint density at radius 1 is 1.30 bits per heavy atom. The van der Waals surface area contributed by atoms with Crippen molar-refractivity contribution in [2.24, 2.45) is 5.92 Å². The summed E-state index contributed by atoms with van der Waals surface area (Å²) in [5.74, 6) is -1.33. The number of nitrogens with zero attached hydrogens (tertiary/aromatic N) is 1. The molecule has 112 valence electrons. The second-order valence-electron chi connectivity index (χ2n) is 5.53. The molecule has 0 aliphatic rings. The maximum Gasteiger partial charge on any atom is 0.371 e. The third-order valence-corrected chi connectivity index (χ3v) is 2.72. The van der Waals surface area contributed by atoms with Crippen LogP contribution in [0.15, 0.2) is 16.5 Å². The summed E-state index contributed by atoms with van der Waals surface area (Å²) in [6, 6.07) is 2.65. The molecule has 6 nitrogen and oxygen atoms in total. The van der Waals surface area contributed by atoms with Crippen molar-refractivity contribution in [3.63, 3.8) is 0 Å². The highest BCUT2D eigenvalue weighted by Gasteiger charge is 2.19. The first-order chi connectivity index (χ1) is 9.29. The lowest BCUT2D eigenvalue weighted by Gasteiger charge is -2.23. The van der Waals surface area contributed by atoms with E-state index >= 15 is 0 Å². The number of aromatic carboxylic acids is 1. The summed E-state index contributed by atoms with van der Waals surface area (Å²) in [6.07, 6.45) is 0.844. The van der Waals surface area contributed by atoms with Gasteiger partial charge in [0.25, 0.3) is 5.91 Å². The Bertz CT molecular complexity index is 455. The number of carboxylic acid groups (broad SMARTS) is 1. The van der Waals surface area contributed by atoms with E-state index < -0.39 is 5.97 Å². The van der Waals surface area contributed by atoms with Gasteiger partial charge in [0.1, 0.15) is 0 Å². The minimum Gasteiger partial charge on any atom is -0.475 e. The second kappa shape index (κ2) is 7.09. The molecule has 0 saturated heterocycles. The monoisotopic (exact) mass is 282 g/mol. The Labute approximate surface area is 118 Å². The van der Waals surface area contributed by atoms with Crippen LogP contribution in [0.2, 0.25) is 0 Å². The van der Waals surface area contributed by atoms with Crippen LogP contribution in [-0.2, 0) is 0 Å². The first kappa shape index (κ1) is 16.2. The Kier molecular flexibility index (Phi) is 5.76. The average molecular weight is 282 g/mol. The molecular formula is C14H22N2O4. The van der Waals surface area contributed by atoms with E-state index in [4.69, 9.17) is 9.52 Å². The van der Waals surface area contributed by atoms with Gasteiger partial charge in [0.15, 0.2) is 5.76 Å². The Balaban J connectivity index is 2.70. The zero-order valence-corrected chi connectivity index (χ0v) is 12.3. The van der Waals surface area contributed by atoms with Crippen molar-refractivity contribution in [2.45, 2.75) is 26.3 Å². The van der Waals surface area contributed by atoms with Crippen LogP contribution in [0.3, 0.4) is 0 Å². The first-order valence-corrected chi connectivity index (χ1v) is 6.58. The van der Waals surface area contributed by atoms with Crippen molar-refractivity contribution < 1.29 is 19.1 Å². The fourth-order valence-corrected chi connectivity index (χ4v) is 2.02. The van der Waals surface area contributed by atoms with Crippen LogP contribution in [0.25, 0.3) is 0 Å². The molecule has 0 bridgehead atoms. The molecule has 1 heterocycles. The quantitative estimate of drug-likeness (QED) is 0.795. The van der Waals surface area contributed by atoms with E-state index in [1.54, 1.807) is 0 Å². The van der Waals surface area contributed by atoms with E-state index in [2.05, 4.69) is 19.2 Å². The summed E-state index contributed by atoms with van der Waals surface area (Å²) in [4.78, 5) is 24.8. The number of carboxylic acids is 1. The van der Waals surface area contributed by atoms with Gasteiger partial charge in [0.05, 0.1) is 0 Å². The van der Waals surface area contributed by atoms with E-state index in [1.165, 1.54) is 12.1 Å². The lowest BCUT2D eigenvalue weighted by Crippen LogP contribution is -2.42. The van der Waals surface area contributed by atoms with Gasteiger partial charge in [-0.3, -0.25) is 4.79 Å². The molecule has 0 aliphatic heterocycles. The van der Waals surface area contributed by atoms with Gasteiger partial charge in [-0.25, -0.2) is 4.79 Å². The van der Waals surface area contributed by atoms with Crippen LogP contribution in [0.5, 0.6) is 0 Å². The third kappa shape index (κ3) is 5.05. The fraction of sp³-hybridized carbons (Fsp3) is 0.571.